The van der Waals surface area contributed by atoms with Crippen molar-refractivity contribution in [2.24, 2.45) is 0 Å². The zero-order valence-electron chi connectivity index (χ0n) is 9.50. The Labute approximate surface area is 106 Å². The molecule has 0 radical (unpaired) electrons. The fraction of sp³-hybridized carbons (Fsp3) is 0.0833. The number of rotatable bonds is 2. The van der Waals surface area contributed by atoms with Crippen LogP contribution in [0.2, 0.25) is 0 Å². The molecule has 0 unspecified atom stereocenters. The minimum Gasteiger partial charge on any atom is -0.384 e. The number of nitrogen functional groups attached to an aromatic ring is 1. The van der Waals surface area contributed by atoms with E-state index < -0.39 is 17.6 Å². The highest BCUT2D eigenvalue weighted by molar-refractivity contribution is 5.58. The van der Waals surface area contributed by atoms with E-state index in [-0.39, 0.29) is 17.3 Å². The fourth-order valence-electron chi connectivity index (χ4n) is 1.49. The Balaban J connectivity index is 2.32. The third kappa shape index (κ3) is 3.12. The molecule has 3 N–H and O–H groups in total. The first kappa shape index (κ1) is 13.1. The predicted octanol–water partition coefficient (Wildman–Crippen LogP) is 3.57. The number of benzene rings is 1. The quantitative estimate of drug-likeness (QED) is 0.821. The van der Waals surface area contributed by atoms with Gasteiger partial charge in [0.15, 0.2) is 0 Å². The Kier molecular flexibility index (Phi) is 3.28. The van der Waals surface area contributed by atoms with Crippen molar-refractivity contribution < 1.29 is 17.6 Å². The number of pyridine rings is 1. The van der Waals surface area contributed by atoms with Gasteiger partial charge in [-0.2, -0.15) is 13.2 Å². The number of halogens is 4. The maximum Gasteiger partial charge on any atom is 0.419 e. The first-order chi connectivity index (χ1) is 8.86. The van der Waals surface area contributed by atoms with Crippen molar-refractivity contribution in [3.8, 4) is 0 Å². The van der Waals surface area contributed by atoms with Gasteiger partial charge in [-0.25, -0.2) is 9.37 Å². The summed E-state index contributed by atoms with van der Waals surface area (Å²) in [5, 5.41) is 2.63. The Hall–Kier alpha value is -2.31. The molecule has 2 rings (SSSR count). The van der Waals surface area contributed by atoms with Crippen LogP contribution in [0.4, 0.5) is 34.9 Å². The Bertz CT molecular complexity index is 596. The lowest BCUT2D eigenvalue weighted by atomic mass is 10.2. The van der Waals surface area contributed by atoms with Gasteiger partial charge >= 0.3 is 6.18 Å². The number of hydrogen-bond acceptors (Lipinski definition) is 3. The third-order valence-electron chi connectivity index (χ3n) is 2.31. The second-order valence-corrected chi connectivity index (χ2v) is 3.77. The lowest BCUT2D eigenvalue weighted by Gasteiger charge is -2.11. The second kappa shape index (κ2) is 4.75. The molecule has 2 aromatic rings. The SMILES string of the molecule is Nc1cccc(Nc2ccc(F)c(C(F)(F)F)c2)n1. The summed E-state index contributed by atoms with van der Waals surface area (Å²) < 4.78 is 50.7. The molecule has 100 valence electrons. The largest absolute Gasteiger partial charge is 0.419 e. The molecule has 1 aromatic heterocycles. The van der Waals surface area contributed by atoms with Gasteiger partial charge in [0.25, 0.3) is 0 Å². The van der Waals surface area contributed by atoms with Crippen LogP contribution in [-0.2, 0) is 6.18 Å². The average Bonchev–Trinajstić information content (AvgIpc) is 2.30. The molecule has 3 nitrogen and oxygen atoms in total. The first-order valence-electron chi connectivity index (χ1n) is 5.22. The Morgan fingerprint density at radius 1 is 1.11 bits per heavy atom. The molecule has 0 aliphatic carbocycles. The van der Waals surface area contributed by atoms with E-state index >= 15 is 0 Å². The highest BCUT2D eigenvalue weighted by Crippen LogP contribution is 2.33. The minimum atomic E-state index is -4.75. The van der Waals surface area contributed by atoms with Gasteiger partial charge < -0.3 is 11.1 Å². The van der Waals surface area contributed by atoms with Crippen molar-refractivity contribution in [3.63, 3.8) is 0 Å². The molecule has 0 saturated heterocycles. The molecule has 1 aromatic carbocycles. The van der Waals surface area contributed by atoms with Crippen molar-refractivity contribution in [2.45, 2.75) is 6.18 Å². The Morgan fingerprint density at radius 2 is 1.84 bits per heavy atom. The van der Waals surface area contributed by atoms with Gasteiger partial charge in [-0.3, -0.25) is 0 Å². The highest BCUT2D eigenvalue weighted by atomic mass is 19.4. The van der Waals surface area contributed by atoms with Gasteiger partial charge in [0, 0.05) is 5.69 Å². The molecule has 0 fully saturated rings. The lowest BCUT2D eigenvalue weighted by molar-refractivity contribution is -0.139. The third-order valence-corrected chi connectivity index (χ3v) is 2.31. The molecular weight excluding hydrogens is 262 g/mol. The normalized spacial score (nSPS) is 11.4. The van der Waals surface area contributed by atoms with Crippen LogP contribution < -0.4 is 11.1 Å². The molecule has 1 heterocycles. The van der Waals surface area contributed by atoms with Crippen LogP contribution in [0.25, 0.3) is 0 Å². The van der Waals surface area contributed by atoms with Crippen LogP contribution in [-0.4, -0.2) is 4.98 Å². The number of nitrogens with two attached hydrogens (primary N) is 1. The van der Waals surface area contributed by atoms with E-state index in [0.29, 0.717) is 6.07 Å². The van der Waals surface area contributed by atoms with Gasteiger partial charge in [0.2, 0.25) is 0 Å². The second-order valence-electron chi connectivity index (χ2n) is 3.77. The van der Waals surface area contributed by atoms with Crippen LogP contribution in [0.1, 0.15) is 5.56 Å². The van der Waals surface area contributed by atoms with E-state index in [9.17, 15) is 17.6 Å². The van der Waals surface area contributed by atoms with Crippen molar-refractivity contribution >= 4 is 17.3 Å². The summed E-state index contributed by atoms with van der Waals surface area (Å²) in [6.07, 6.45) is -4.75. The molecule has 0 amide bonds. The standard InChI is InChI=1S/C12H9F4N3/c13-9-5-4-7(6-8(9)12(14,15)16)18-11-3-1-2-10(17)19-11/h1-6H,(H3,17,18,19). The summed E-state index contributed by atoms with van der Waals surface area (Å²) in [6.45, 7) is 0. The molecule has 0 saturated carbocycles. The van der Waals surface area contributed by atoms with Gasteiger partial charge in [-0.05, 0) is 30.3 Å². The number of hydrogen-bond donors (Lipinski definition) is 2. The van der Waals surface area contributed by atoms with E-state index in [4.69, 9.17) is 5.73 Å². The number of nitrogens with one attached hydrogen (secondary N) is 1. The van der Waals surface area contributed by atoms with E-state index in [1.165, 1.54) is 18.2 Å². The minimum absolute atomic E-state index is 0.0758. The highest BCUT2D eigenvalue weighted by Gasteiger charge is 2.34. The zero-order chi connectivity index (χ0) is 14.0. The summed E-state index contributed by atoms with van der Waals surface area (Å²) in [5.41, 5.74) is 4.19. The van der Waals surface area contributed by atoms with Crippen LogP contribution in [0.3, 0.4) is 0 Å². The fourth-order valence-corrected chi connectivity index (χ4v) is 1.49. The van der Waals surface area contributed by atoms with Crippen LogP contribution in [0.15, 0.2) is 36.4 Å². The maximum absolute atomic E-state index is 13.1. The molecule has 0 spiro atoms. The summed E-state index contributed by atoms with van der Waals surface area (Å²) >= 11 is 0. The van der Waals surface area contributed by atoms with Gasteiger partial charge in [0.05, 0.1) is 5.56 Å². The smallest absolute Gasteiger partial charge is 0.384 e. The molecule has 0 bridgehead atoms. The van der Waals surface area contributed by atoms with E-state index in [2.05, 4.69) is 10.3 Å². The molecule has 19 heavy (non-hydrogen) atoms. The van der Waals surface area contributed by atoms with E-state index in [1.807, 2.05) is 0 Å². The number of nitrogens with zero attached hydrogens (tertiary/aromatic N) is 1. The summed E-state index contributed by atoms with van der Waals surface area (Å²) in [6, 6.07) is 7.29. The van der Waals surface area contributed by atoms with Crippen LogP contribution in [0, 0.1) is 5.82 Å². The zero-order valence-corrected chi connectivity index (χ0v) is 9.50. The van der Waals surface area contributed by atoms with Gasteiger partial charge in [-0.1, -0.05) is 6.07 Å². The molecular formula is C12H9F4N3. The Morgan fingerprint density at radius 3 is 2.47 bits per heavy atom. The topological polar surface area (TPSA) is 50.9 Å². The molecule has 0 atom stereocenters. The molecule has 7 heteroatoms. The molecule has 0 aliphatic heterocycles. The number of alkyl halides is 3. The average molecular weight is 271 g/mol. The summed E-state index contributed by atoms with van der Waals surface area (Å²) in [7, 11) is 0. The van der Waals surface area contributed by atoms with Crippen LogP contribution >= 0.6 is 0 Å². The van der Waals surface area contributed by atoms with Gasteiger partial charge in [0.1, 0.15) is 17.5 Å². The number of anilines is 3. The first-order valence-corrected chi connectivity index (χ1v) is 5.22. The monoisotopic (exact) mass is 271 g/mol. The summed E-state index contributed by atoms with van der Waals surface area (Å²) in [5.74, 6) is -0.818. The van der Waals surface area contributed by atoms with Crippen molar-refractivity contribution in [1.29, 1.82) is 0 Å². The molecule has 0 aliphatic rings. The maximum atomic E-state index is 13.1. The van der Waals surface area contributed by atoms with Crippen molar-refractivity contribution in [3.05, 3.63) is 47.8 Å². The van der Waals surface area contributed by atoms with Crippen LogP contribution in [0.5, 0.6) is 0 Å². The lowest BCUT2D eigenvalue weighted by Crippen LogP contribution is -2.08. The predicted molar refractivity (Wildman–Crippen MR) is 63.3 cm³/mol. The van der Waals surface area contributed by atoms with E-state index in [0.717, 1.165) is 6.07 Å². The van der Waals surface area contributed by atoms with E-state index in [1.54, 1.807) is 6.07 Å². The number of aromatic nitrogens is 1. The summed E-state index contributed by atoms with van der Waals surface area (Å²) in [4.78, 5) is 3.87. The van der Waals surface area contributed by atoms with Gasteiger partial charge in [-0.15, -0.1) is 0 Å². The van der Waals surface area contributed by atoms with Crippen molar-refractivity contribution in [2.75, 3.05) is 11.1 Å². The van der Waals surface area contributed by atoms with Crippen molar-refractivity contribution in [1.82, 2.24) is 4.98 Å².